The predicted octanol–water partition coefficient (Wildman–Crippen LogP) is 5.15. The Hall–Kier alpha value is -2.56. The molecule has 2 aromatic rings. The van der Waals surface area contributed by atoms with E-state index in [1.54, 1.807) is 4.90 Å². The fraction of sp³-hybridized carbons (Fsp3) is 0.556. The van der Waals surface area contributed by atoms with Crippen LogP contribution < -0.4 is 0 Å². The van der Waals surface area contributed by atoms with Gasteiger partial charge in [0, 0.05) is 37.6 Å². The van der Waals surface area contributed by atoms with Gasteiger partial charge in [-0.2, -0.15) is 0 Å². The number of amides is 2. The number of benzene rings is 1. The zero-order valence-electron chi connectivity index (χ0n) is 20.8. The lowest BCUT2D eigenvalue weighted by atomic mass is 10.1. The summed E-state index contributed by atoms with van der Waals surface area (Å²) in [6, 6.07) is 11.9. The number of hydrogen-bond acceptors (Lipinski definition) is 2. The van der Waals surface area contributed by atoms with Crippen molar-refractivity contribution in [2.45, 2.75) is 60.4 Å². The third kappa shape index (κ3) is 7.85. The van der Waals surface area contributed by atoms with E-state index in [1.165, 1.54) is 5.56 Å². The van der Waals surface area contributed by atoms with E-state index in [0.717, 1.165) is 25.0 Å². The lowest BCUT2D eigenvalue weighted by molar-refractivity contribution is -0.133. The van der Waals surface area contributed by atoms with Gasteiger partial charge < -0.3 is 14.4 Å². The number of rotatable bonds is 12. The lowest BCUT2D eigenvalue weighted by Crippen LogP contribution is -2.45. The van der Waals surface area contributed by atoms with Crippen molar-refractivity contribution in [1.29, 1.82) is 0 Å². The zero-order chi connectivity index (χ0) is 23.7. The van der Waals surface area contributed by atoms with Crippen LogP contribution in [0.25, 0.3) is 0 Å². The molecular weight excluding hydrogens is 398 g/mol. The van der Waals surface area contributed by atoms with Crippen LogP contribution in [0, 0.1) is 11.8 Å². The molecule has 0 saturated carbocycles. The Morgan fingerprint density at radius 1 is 0.938 bits per heavy atom. The van der Waals surface area contributed by atoms with Crippen LogP contribution in [0.1, 0.15) is 69.1 Å². The summed E-state index contributed by atoms with van der Waals surface area (Å²) >= 11 is 0. The molecule has 0 N–H and O–H groups in total. The van der Waals surface area contributed by atoms with Gasteiger partial charge in [0.1, 0.15) is 6.54 Å². The molecule has 0 spiro atoms. The number of nitrogens with zero attached hydrogens (tertiary/aromatic N) is 3. The number of hydrogen-bond donors (Lipinski definition) is 0. The van der Waals surface area contributed by atoms with E-state index in [1.807, 2.05) is 59.1 Å². The summed E-state index contributed by atoms with van der Waals surface area (Å²) in [7, 11) is 1.99. The van der Waals surface area contributed by atoms with Crippen LogP contribution >= 0.6 is 0 Å². The minimum absolute atomic E-state index is 0.00605. The Bertz CT molecular complexity index is 852. The van der Waals surface area contributed by atoms with Crippen LogP contribution in [0.4, 0.5) is 0 Å². The molecular formula is C27H41N3O2. The highest BCUT2D eigenvalue weighted by Gasteiger charge is 2.24. The molecule has 176 valence electrons. The molecule has 0 radical (unpaired) electrons. The van der Waals surface area contributed by atoms with Crippen molar-refractivity contribution >= 4 is 11.8 Å². The largest absolute Gasteiger partial charge is 0.353 e. The van der Waals surface area contributed by atoms with Crippen molar-refractivity contribution in [2.75, 3.05) is 19.6 Å². The molecule has 1 aromatic heterocycles. The highest BCUT2D eigenvalue weighted by molar-refractivity contribution is 5.96. The second-order valence-electron chi connectivity index (χ2n) is 9.66. The first-order valence-corrected chi connectivity index (χ1v) is 12.0. The molecule has 0 atom stereocenters. The Morgan fingerprint density at radius 3 is 2.09 bits per heavy atom. The van der Waals surface area contributed by atoms with Gasteiger partial charge in [-0.05, 0) is 54.5 Å². The molecule has 1 aromatic carbocycles. The van der Waals surface area contributed by atoms with E-state index in [2.05, 4.69) is 34.6 Å². The monoisotopic (exact) mass is 439 g/mol. The van der Waals surface area contributed by atoms with Gasteiger partial charge in [0.2, 0.25) is 5.91 Å². The highest BCUT2D eigenvalue weighted by atomic mass is 16.2. The van der Waals surface area contributed by atoms with E-state index in [-0.39, 0.29) is 24.3 Å². The number of carbonyl (C=O) groups is 2. The first-order valence-electron chi connectivity index (χ1n) is 12.0. The Labute approximate surface area is 194 Å². The minimum Gasteiger partial charge on any atom is -0.353 e. The van der Waals surface area contributed by atoms with Gasteiger partial charge in [-0.25, -0.2) is 0 Å². The maximum Gasteiger partial charge on any atom is 0.254 e. The summed E-state index contributed by atoms with van der Waals surface area (Å²) in [4.78, 5) is 30.2. The summed E-state index contributed by atoms with van der Waals surface area (Å²) in [6.07, 6.45) is 5.32. The van der Waals surface area contributed by atoms with Crippen LogP contribution in [0.2, 0.25) is 0 Å². The summed E-state index contributed by atoms with van der Waals surface area (Å²) < 4.78 is 2.04. The van der Waals surface area contributed by atoms with E-state index in [9.17, 15) is 9.59 Å². The first kappa shape index (κ1) is 25.7. The SMILES string of the molecule is CCCCc1ccc(C(=O)N(CC(=O)N(Cc2cccn2C)CC(C)C)CC(C)C)cc1. The summed E-state index contributed by atoms with van der Waals surface area (Å²) in [6.45, 7) is 12.4. The standard InChI is InChI=1S/C27H41N3O2/c1-7-8-10-23-12-14-24(15-13-23)27(32)30(18-22(4)5)20-26(31)29(17-21(2)3)19-25-11-9-16-28(25)6/h9,11-16,21-22H,7-8,10,17-20H2,1-6H3. The number of aromatic nitrogens is 1. The molecule has 2 amide bonds. The molecule has 0 aliphatic carbocycles. The Kier molecular flexibility index (Phi) is 10.0. The van der Waals surface area contributed by atoms with Gasteiger partial charge in [0.15, 0.2) is 0 Å². The third-order valence-electron chi connectivity index (χ3n) is 5.56. The van der Waals surface area contributed by atoms with Crippen molar-refractivity contribution in [1.82, 2.24) is 14.4 Å². The second-order valence-corrected chi connectivity index (χ2v) is 9.66. The van der Waals surface area contributed by atoms with Crippen molar-refractivity contribution in [3.8, 4) is 0 Å². The first-order chi connectivity index (χ1) is 15.2. The molecule has 1 heterocycles. The van der Waals surface area contributed by atoms with Gasteiger partial charge in [0.25, 0.3) is 5.91 Å². The lowest BCUT2D eigenvalue weighted by Gasteiger charge is -2.30. The quantitative estimate of drug-likeness (QED) is 0.459. The van der Waals surface area contributed by atoms with Crippen molar-refractivity contribution < 1.29 is 9.59 Å². The van der Waals surface area contributed by atoms with Crippen LogP contribution in [-0.2, 0) is 24.8 Å². The van der Waals surface area contributed by atoms with E-state index in [0.29, 0.717) is 31.1 Å². The summed E-state index contributed by atoms with van der Waals surface area (Å²) in [5, 5.41) is 0. The smallest absolute Gasteiger partial charge is 0.254 e. The average molecular weight is 440 g/mol. The number of carbonyl (C=O) groups excluding carboxylic acids is 2. The summed E-state index contributed by atoms with van der Waals surface area (Å²) in [5.74, 6) is 0.553. The third-order valence-corrected chi connectivity index (χ3v) is 5.56. The fourth-order valence-electron chi connectivity index (χ4n) is 3.85. The predicted molar refractivity (Wildman–Crippen MR) is 131 cm³/mol. The van der Waals surface area contributed by atoms with Crippen molar-refractivity contribution in [2.24, 2.45) is 18.9 Å². The molecule has 5 heteroatoms. The molecule has 0 unspecified atom stereocenters. The maximum absolute atomic E-state index is 13.3. The molecule has 0 aliphatic rings. The average Bonchev–Trinajstić information content (AvgIpc) is 3.14. The minimum atomic E-state index is -0.0718. The highest BCUT2D eigenvalue weighted by Crippen LogP contribution is 2.14. The van der Waals surface area contributed by atoms with Crippen molar-refractivity contribution in [3.05, 3.63) is 59.4 Å². The maximum atomic E-state index is 13.3. The zero-order valence-corrected chi connectivity index (χ0v) is 20.8. The number of unbranched alkanes of at least 4 members (excludes halogenated alkanes) is 1. The molecule has 0 fully saturated rings. The van der Waals surface area contributed by atoms with Crippen LogP contribution in [0.15, 0.2) is 42.6 Å². The van der Waals surface area contributed by atoms with E-state index >= 15 is 0 Å². The van der Waals surface area contributed by atoms with E-state index < -0.39 is 0 Å². The number of aryl methyl sites for hydroxylation is 2. The van der Waals surface area contributed by atoms with Gasteiger partial charge in [-0.1, -0.05) is 53.2 Å². The Morgan fingerprint density at radius 2 is 1.56 bits per heavy atom. The van der Waals surface area contributed by atoms with Crippen LogP contribution in [0.3, 0.4) is 0 Å². The van der Waals surface area contributed by atoms with Crippen LogP contribution in [-0.4, -0.2) is 45.8 Å². The van der Waals surface area contributed by atoms with Crippen molar-refractivity contribution in [3.63, 3.8) is 0 Å². The van der Waals surface area contributed by atoms with Gasteiger partial charge in [-0.3, -0.25) is 9.59 Å². The normalized spacial score (nSPS) is 11.2. The topological polar surface area (TPSA) is 45.6 Å². The second kappa shape index (κ2) is 12.5. The molecule has 0 saturated heterocycles. The summed E-state index contributed by atoms with van der Waals surface area (Å²) in [5.41, 5.74) is 2.99. The molecule has 0 bridgehead atoms. The van der Waals surface area contributed by atoms with Crippen LogP contribution in [0.5, 0.6) is 0 Å². The van der Waals surface area contributed by atoms with E-state index in [4.69, 9.17) is 0 Å². The molecule has 2 rings (SSSR count). The Balaban J connectivity index is 2.16. The molecule has 32 heavy (non-hydrogen) atoms. The van der Waals surface area contributed by atoms with Gasteiger partial charge >= 0.3 is 0 Å². The molecule has 0 aliphatic heterocycles. The van der Waals surface area contributed by atoms with Gasteiger partial charge in [-0.15, -0.1) is 0 Å². The fourth-order valence-corrected chi connectivity index (χ4v) is 3.85. The van der Waals surface area contributed by atoms with Gasteiger partial charge in [0.05, 0.1) is 6.54 Å². The molecule has 5 nitrogen and oxygen atoms in total.